The molecule has 0 unspecified atom stereocenters. The van der Waals surface area contributed by atoms with Gasteiger partial charge in [0.15, 0.2) is 0 Å². The number of amides is 1. The van der Waals surface area contributed by atoms with Gasteiger partial charge in [-0.05, 0) is 44.5 Å². The third-order valence-corrected chi connectivity index (χ3v) is 4.75. The third-order valence-electron chi connectivity index (χ3n) is 3.63. The van der Waals surface area contributed by atoms with Crippen molar-refractivity contribution in [2.45, 2.75) is 37.1 Å². The number of carbonyl (C=O) groups excluding carboxylic acids is 1. The van der Waals surface area contributed by atoms with Crippen LogP contribution in [-0.4, -0.2) is 32.3 Å². The molecule has 0 aliphatic rings. The lowest BCUT2D eigenvalue weighted by Crippen LogP contribution is -2.13. The van der Waals surface area contributed by atoms with E-state index in [4.69, 9.17) is 4.74 Å². The molecule has 0 saturated heterocycles. The molecule has 2 aromatic heterocycles. The molecular weight excluding hydrogens is 338 g/mol. The Balaban J connectivity index is 1.86. The van der Waals surface area contributed by atoms with Gasteiger partial charge in [0.05, 0.1) is 6.61 Å². The molecule has 0 radical (unpaired) electrons. The van der Waals surface area contributed by atoms with Gasteiger partial charge < -0.3 is 4.74 Å². The smallest absolute Gasteiger partial charge is 0.411 e. The fourth-order valence-corrected chi connectivity index (χ4v) is 3.60. The lowest BCUT2D eigenvalue weighted by molar-refractivity contribution is 0.168. The molecule has 0 saturated carbocycles. The lowest BCUT2D eigenvalue weighted by Gasteiger charge is -2.12. The molecule has 130 valence electrons. The number of benzene rings is 1. The van der Waals surface area contributed by atoms with E-state index in [-0.39, 0.29) is 0 Å². The first-order chi connectivity index (χ1) is 12.1. The summed E-state index contributed by atoms with van der Waals surface area (Å²) in [5.41, 5.74) is 2.80. The summed E-state index contributed by atoms with van der Waals surface area (Å²) in [6, 6.07) is 7.59. The lowest BCUT2D eigenvalue weighted by atomic mass is 10.2. The molecule has 3 aromatic rings. The number of nitrogens with zero attached hydrogens (tertiary/aromatic N) is 4. The van der Waals surface area contributed by atoms with Crippen molar-refractivity contribution < 1.29 is 9.53 Å². The molecule has 8 heteroatoms. The van der Waals surface area contributed by atoms with E-state index in [1.165, 1.54) is 6.33 Å². The number of nitrogens with one attached hydrogen (secondary N) is 1. The van der Waals surface area contributed by atoms with Gasteiger partial charge in [0.2, 0.25) is 0 Å². The number of ether oxygens (including phenoxy) is 1. The maximum atomic E-state index is 11.5. The number of fused-ring (bicyclic) bond motifs is 1. The average Bonchev–Trinajstić information content (AvgIpc) is 3.05. The Morgan fingerprint density at radius 1 is 1.28 bits per heavy atom. The Bertz CT molecular complexity index is 892. The highest BCUT2D eigenvalue weighted by molar-refractivity contribution is 7.99. The van der Waals surface area contributed by atoms with E-state index in [9.17, 15) is 4.79 Å². The summed E-state index contributed by atoms with van der Waals surface area (Å²) in [6.45, 7) is 6.20. The zero-order valence-electron chi connectivity index (χ0n) is 14.3. The monoisotopic (exact) mass is 357 g/mol. The average molecular weight is 357 g/mol. The number of carbonyl (C=O) groups is 1. The largest absolute Gasteiger partial charge is 0.450 e. The number of hydrogen-bond donors (Lipinski definition) is 1. The van der Waals surface area contributed by atoms with Crippen LogP contribution in [0.25, 0.3) is 5.78 Å². The molecule has 0 aliphatic carbocycles. The zero-order chi connectivity index (χ0) is 17.8. The highest BCUT2D eigenvalue weighted by Crippen LogP contribution is 2.32. The third kappa shape index (κ3) is 3.74. The fourth-order valence-electron chi connectivity index (χ4n) is 2.47. The Morgan fingerprint density at radius 2 is 2.04 bits per heavy atom. The standard InChI is InChI=1S/C17H19N5O2S/c1-4-14-11(3)20-16-18-10-19-22(16)15(14)25-13-8-6-12(7-9-13)21-17(23)24-5-2/h6-10H,4-5H2,1-3H3,(H,21,23). The molecule has 2 heterocycles. The van der Waals surface area contributed by atoms with Crippen LogP contribution in [0.4, 0.5) is 10.5 Å². The van der Waals surface area contributed by atoms with E-state index in [1.807, 2.05) is 31.2 Å². The van der Waals surface area contributed by atoms with Crippen molar-refractivity contribution in [1.29, 1.82) is 0 Å². The molecule has 0 spiro atoms. The topological polar surface area (TPSA) is 81.4 Å². The number of rotatable bonds is 5. The van der Waals surface area contributed by atoms with Crippen molar-refractivity contribution >= 4 is 29.3 Å². The summed E-state index contributed by atoms with van der Waals surface area (Å²) in [5, 5.41) is 7.98. The highest BCUT2D eigenvalue weighted by Gasteiger charge is 2.14. The van der Waals surface area contributed by atoms with Crippen LogP contribution in [0.3, 0.4) is 0 Å². The Labute approximate surface area is 149 Å². The van der Waals surface area contributed by atoms with E-state index in [0.717, 1.165) is 27.6 Å². The van der Waals surface area contributed by atoms with Gasteiger partial charge in [-0.3, -0.25) is 5.32 Å². The van der Waals surface area contributed by atoms with Crippen LogP contribution in [0.1, 0.15) is 25.1 Å². The van der Waals surface area contributed by atoms with Gasteiger partial charge in [-0.2, -0.15) is 14.6 Å². The van der Waals surface area contributed by atoms with Crippen molar-refractivity contribution in [2.24, 2.45) is 0 Å². The van der Waals surface area contributed by atoms with E-state index in [1.54, 1.807) is 23.2 Å². The van der Waals surface area contributed by atoms with E-state index < -0.39 is 6.09 Å². The molecule has 1 amide bonds. The first-order valence-electron chi connectivity index (χ1n) is 8.03. The molecule has 25 heavy (non-hydrogen) atoms. The van der Waals surface area contributed by atoms with Gasteiger partial charge >= 0.3 is 6.09 Å². The fraction of sp³-hybridized carbons (Fsp3) is 0.294. The van der Waals surface area contributed by atoms with Crippen LogP contribution < -0.4 is 5.32 Å². The quantitative estimate of drug-likeness (QED) is 0.701. The van der Waals surface area contributed by atoms with Gasteiger partial charge in [0.25, 0.3) is 5.78 Å². The van der Waals surface area contributed by atoms with Crippen molar-refractivity contribution in [3.05, 3.63) is 41.9 Å². The molecular formula is C17H19N5O2S. The second-order valence-corrected chi connectivity index (χ2v) is 6.34. The summed E-state index contributed by atoms with van der Waals surface area (Å²) >= 11 is 1.60. The van der Waals surface area contributed by atoms with E-state index >= 15 is 0 Å². The first kappa shape index (κ1) is 17.2. The summed E-state index contributed by atoms with van der Waals surface area (Å²) < 4.78 is 6.64. The van der Waals surface area contributed by atoms with E-state index in [2.05, 4.69) is 27.3 Å². The predicted octanol–water partition coefficient (Wildman–Crippen LogP) is 3.71. The number of aryl methyl sites for hydroxylation is 1. The number of anilines is 1. The highest BCUT2D eigenvalue weighted by atomic mass is 32.2. The normalized spacial score (nSPS) is 10.8. The summed E-state index contributed by atoms with van der Waals surface area (Å²) in [4.78, 5) is 21.2. The van der Waals surface area contributed by atoms with Gasteiger partial charge in [-0.1, -0.05) is 18.7 Å². The maximum absolute atomic E-state index is 11.5. The van der Waals surface area contributed by atoms with Crippen molar-refractivity contribution in [2.75, 3.05) is 11.9 Å². The number of hydrogen-bond acceptors (Lipinski definition) is 6. The second kappa shape index (κ2) is 7.52. The molecule has 1 N–H and O–H groups in total. The minimum Gasteiger partial charge on any atom is -0.450 e. The Hall–Kier alpha value is -2.61. The van der Waals surface area contributed by atoms with Gasteiger partial charge in [-0.15, -0.1) is 0 Å². The van der Waals surface area contributed by atoms with Crippen molar-refractivity contribution in [3.63, 3.8) is 0 Å². The summed E-state index contributed by atoms with van der Waals surface area (Å²) in [7, 11) is 0. The Kier molecular flexibility index (Phi) is 5.18. The van der Waals surface area contributed by atoms with Gasteiger partial charge in [0.1, 0.15) is 11.4 Å². The van der Waals surface area contributed by atoms with E-state index in [0.29, 0.717) is 18.1 Å². The minimum atomic E-state index is -0.453. The molecule has 0 bridgehead atoms. The maximum Gasteiger partial charge on any atom is 0.411 e. The molecule has 0 atom stereocenters. The van der Waals surface area contributed by atoms with Crippen LogP contribution in [-0.2, 0) is 11.2 Å². The first-order valence-corrected chi connectivity index (χ1v) is 8.85. The summed E-state index contributed by atoms with van der Waals surface area (Å²) in [5.74, 6) is 0.595. The molecule has 3 rings (SSSR count). The predicted molar refractivity (Wildman–Crippen MR) is 96.1 cm³/mol. The van der Waals surface area contributed by atoms with Crippen LogP contribution in [0, 0.1) is 6.92 Å². The summed E-state index contributed by atoms with van der Waals surface area (Å²) in [6.07, 6.45) is 1.92. The molecule has 7 nitrogen and oxygen atoms in total. The van der Waals surface area contributed by atoms with Crippen molar-refractivity contribution in [3.8, 4) is 0 Å². The van der Waals surface area contributed by atoms with Crippen LogP contribution in [0.15, 0.2) is 40.5 Å². The van der Waals surface area contributed by atoms with Crippen LogP contribution in [0.2, 0.25) is 0 Å². The second-order valence-electron chi connectivity index (χ2n) is 5.28. The minimum absolute atomic E-state index is 0.342. The van der Waals surface area contributed by atoms with Gasteiger partial charge in [0, 0.05) is 21.8 Å². The molecule has 0 aliphatic heterocycles. The van der Waals surface area contributed by atoms with Crippen molar-refractivity contribution in [1.82, 2.24) is 19.6 Å². The SMILES string of the molecule is CCOC(=O)Nc1ccc(Sc2c(CC)c(C)nc3ncnn23)cc1. The van der Waals surface area contributed by atoms with Crippen LogP contribution >= 0.6 is 11.8 Å². The van der Waals surface area contributed by atoms with Gasteiger partial charge in [-0.25, -0.2) is 9.78 Å². The Morgan fingerprint density at radius 3 is 2.72 bits per heavy atom. The molecule has 0 fully saturated rings. The van der Waals surface area contributed by atoms with Crippen LogP contribution in [0.5, 0.6) is 0 Å². The molecule has 1 aromatic carbocycles. The number of aromatic nitrogens is 4. The zero-order valence-corrected chi connectivity index (χ0v) is 15.1.